The van der Waals surface area contributed by atoms with Crippen molar-refractivity contribution >= 4 is 22.4 Å². The van der Waals surface area contributed by atoms with Crippen molar-refractivity contribution in [3.05, 3.63) is 10.6 Å². The zero-order valence-corrected chi connectivity index (χ0v) is 13.9. The Morgan fingerprint density at radius 1 is 1.64 bits per heavy atom. The second-order valence-corrected chi connectivity index (χ2v) is 7.06. The molecule has 1 aromatic heterocycles. The Kier molecular flexibility index (Phi) is 5.07. The normalized spacial score (nSPS) is 23.3. The lowest BCUT2D eigenvalue weighted by Crippen LogP contribution is -2.30. The van der Waals surface area contributed by atoms with Crippen LogP contribution in [0.4, 0.5) is 5.13 Å². The molecule has 7 heteroatoms. The minimum absolute atomic E-state index is 0.137. The molecular weight excluding hydrogens is 302 g/mol. The van der Waals surface area contributed by atoms with Crippen LogP contribution < -0.4 is 5.32 Å². The van der Waals surface area contributed by atoms with Crippen molar-refractivity contribution in [2.24, 2.45) is 0 Å². The number of nitrogens with one attached hydrogen (secondary N) is 1. The number of carbonyl (C=O) groups is 1. The number of amides is 1. The van der Waals surface area contributed by atoms with Gasteiger partial charge in [0.05, 0.1) is 18.4 Å². The van der Waals surface area contributed by atoms with Gasteiger partial charge in [-0.3, -0.25) is 10.1 Å². The van der Waals surface area contributed by atoms with Crippen molar-refractivity contribution in [1.29, 1.82) is 0 Å². The van der Waals surface area contributed by atoms with Crippen LogP contribution in [0.2, 0.25) is 0 Å². The average molecular weight is 325 g/mol. The first kappa shape index (κ1) is 15.9. The maximum atomic E-state index is 12.2. The van der Waals surface area contributed by atoms with Crippen molar-refractivity contribution in [1.82, 2.24) is 9.88 Å². The number of ether oxygens (including phenoxy) is 2. The number of fused-ring (bicyclic) bond motifs is 1. The maximum absolute atomic E-state index is 12.2. The third-order valence-electron chi connectivity index (χ3n) is 4.08. The monoisotopic (exact) mass is 325 g/mol. The molecule has 3 heterocycles. The van der Waals surface area contributed by atoms with Crippen LogP contribution in [0.3, 0.4) is 0 Å². The van der Waals surface area contributed by atoms with Gasteiger partial charge in [0.15, 0.2) is 5.13 Å². The second kappa shape index (κ2) is 7.04. The van der Waals surface area contributed by atoms with E-state index >= 15 is 0 Å². The summed E-state index contributed by atoms with van der Waals surface area (Å²) in [4.78, 5) is 20.2. The quantitative estimate of drug-likeness (QED) is 0.892. The highest BCUT2D eigenvalue weighted by Crippen LogP contribution is 2.27. The first-order chi connectivity index (χ1) is 10.6. The SMILES string of the molecule is C[C@@H](OC[C@H]1CCCO1)C(=O)Nc1nc2c(s1)CN(C)CC2. The predicted molar refractivity (Wildman–Crippen MR) is 85.2 cm³/mol. The number of thiazole rings is 1. The Balaban J connectivity index is 1.50. The van der Waals surface area contributed by atoms with Crippen LogP contribution in [0.1, 0.15) is 30.3 Å². The first-order valence-corrected chi connectivity index (χ1v) is 8.64. The Morgan fingerprint density at radius 2 is 2.50 bits per heavy atom. The van der Waals surface area contributed by atoms with E-state index in [1.54, 1.807) is 18.3 Å². The van der Waals surface area contributed by atoms with Gasteiger partial charge in [0, 0.05) is 31.0 Å². The van der Waals surface area contributed by atoms with E-state index in [0.717, 1.165) is 44.7 Å². The van der Waals surface area contributed by atoms with Crippen LogP contribution in [0.15, 0.2) is 0 Å². The number of hydrogen-bond acceptors (Lipinski definition) is 6. The smallest absolute Gasteiger partial charge is 0.254 e. The van der Waals surface area contributed by atoms with Crippen LogP contribution in [0.25, 0.3) is 0 Å². The molecule has 6 nitrogen and oxygen atoms in total. The Labute approximate surface area is 134 Å². The zero-order valence-electron chi connectivity index (χ0n) is 13.1. The number of anilines is 1. The summed E-state index contributed by atoms with van der Waals surface area (Å²) in [6.07, 6.45) is 2.68. The lowest BCUT2D eigenvalue weighted by molar-refractivity contribution is -0.128. The van der Waals surface area contributed by atoms with Gasteiger partial charge in [-0.25, -0.2) is 4.98 Å². The van der Waals surface area contributed by atoms with Gasteiger partial charge in [0.2, 0.25) is 0 Å². The van der Waals surface area contributed by atoms with Crippen LogP contribution >= 0.6 is 11.3 Å². The standard InChI is InChI=1S/C15H23N3O3S/c1-10(21-9-11-4-3-7-20-11)14(19)17-15-16-12-5-6-18(2)8-13(12)22-15/h10-11H,3-9H2,1-2H3,(H,16,17,19)/t10-,11-/m1/s1. The number of nitrogens with zero attached hydrogens (tertiary/aromatic N) is 2. The largest absolute Gasteiger partial charge is 0.376 e. The molecule has 1 aromatic rings. The number of hydrogen-bond donors (Lipinski definition) is 1. The van der Waals surface area contributed by atoms with E-state index in [4.69, 9.17) is 9.47 Å². The molecule has 122 valence electrons. The summed E-state index contributed by atoms with van der Waals surface area (Å²) in [6, 6.07) is 0. The summed E-state index contributed by atoms with van der Waals surface area (Å²) < 4.78 is 11.1. The summed E-state index contributed by atoms with van der Waals surface area (Å²) in [7, 11) is 2.10. The molecule has 3 rings (SSSR count). The summed E-state index contributed by atoms with van der Waals surface area (Å²) in [6.45, 7) is 4.98. The maximum Gasteiger partial charge on any atom is 0.254 e. The van der Waals surface area contributed by atoms with Gasteiger partial charge in [0.1, 0.15) is 6.10 Å². The predicted octanol–water partition coefficient (Wildman–Crippen LogP) is 1.65. The Hall–Kier alpha value is -1.02. The van der Waals surface area contributed by atoms with Crippen LogP contribution in [-0.2, 0) is 27.2 Å². The highest BCUT2D eigenvalue weighted by atomic mass is 32.1. The van der Waals surface area contributed by atoms with Crippen molar-refractivity contribution in [3.63, 3.8) is 0 Å². The highest BCUT2D eigenvalue weighted by Gasteiger charge is 2.22. The van der Waals surface area contributed by atoms with Crippen molar-refractivity contribution in [2.45, 2.75) is 44.9 Å². The third-order valence-corrected chi connectivity index (χ3v) is 5.08. The van der Waals surface area contributed by atoms with Gasteiger partial charge in [-0.15, -0.1) is 11.3 Å². The van der Waals surface area contributed by atoms with Gasteiger partial charge in [0.25, 0.3) is 5.91 Å². The van der Waals surface area contributed by atoms with Gasteiger partial charge in [-0.2, -0.15) is 0 Å². The minimum Gasteiger partial charge on any atom is -0.376 e. The van der Waals surface area contributed by atoms with E-state index in [1.807, 2.05) is 0 Å². The number of carbonyl (C=O) groups excluding carboxylic acids is 1. The molecule has 0 aliphatic carbocycles. The van der Waals surface area contributed by atoms with Crippen molar-refractivity contribution < 1.29 is 14.3 Å². The van der Waals surface area contributed by atoms with Crippen molar-refractivity contribution in [2.75, 3.05) is 32.1 Å². The summed E-state index contributed by atoms with van der Waals surface area (Å²) in [5.74, 6) is -0.141. The molecule has 2 aliphatic rings. The summed E-state index contributed by atoms with van der Waals surface area (Å²) in [5, 5.41) is 3.55. The third kappa shape index (κ3) is 3.84. The molecule has 22 heavy (non-hydrogen) atoms. The average Bonchev–Trinajstić information content (AvgIpc) is 3.12. The fourth-order valence-electron chi connectivity index (χ4n) is 2.69. The first-order valence-electron chi connectivity index (χ1n) is 7.83. The topological polar surface area (TPSA) is 63.7 Å². The van der Waals surface area contributed by atoms with Gasteiger partial charge in [-0.05, 0) is 26.8 Å². The van der Waals surface area contributed by atoms with Crippen LogP contribution in [0, 0.1) is 0 Å². The molecule has 1 saturated heterocycles. The zero-order chi connectivity index (χ0) is 15.5. The molecule has 0 radical (unpaired) electrons. The molecule has 2 aliphatic heterocycles. The van der Waals surface area contributed by atoms with E-state index in [2.05, 4.69) is 22.2 Å². The fraction of sp³-hybridized carbons (Fsp3) is 0.733. The molecule has 2 atom stereocenters. The molecule has 0 saturated carbocycles. The second-order valence-electron chi connectivity index (χ2n) is 5.98. The number of aromatic nitrogens is 1. The van der Waals surface area contributed by atoms with Crippen molar-refractivity contribution in [3.8, 4) is 0 Å². The van der Waals surface area contributed by atoms with E-state index in [0.29, 0.717) is 11.7 Å². The van der Waals surface area contributed by atoms with Gasteiger partial charge < -0.3 is 14.4 Å². The van der Waals surface area contributed by atoms with E-state index in [1.165, 1.54) is 4.88 Å². The van der Waals surface area contributed by atoms with E-state index < -0.39 is 6.10 Å². The molecule has 0 bridgehead atoms. The van der Waals surface area contributed by atoms with E-state index in [9.17, 15) is 4.79 Å². The molecule has 0 aromatic carbocycles. The molecule has 0 unspecified atom stereocenters. The van der Waals surface area contributed by atoms with E-state index in [-0.39, 0.29) is 12.0 Å². The minimum atomic E-state index is -0.493. The fourth-order valence-corrected chi connectivity index (χ4v) is 3.78. The summed E-state index contributed by atoms with van der Waals surface area (Å²) in [5.41, 5.74) is 1.12. The molecule has 1 amide bonds. The van der Waals surface area contributed by atoms with Gasteiger partial charge >= 0.3 is 0 Å². The highest BCUT2D eigenvalue weighted by molar-refractivity contribution is 7.15. The molecule has 1 N–H and O–H groups in total. The number of rotatable bonds is 5. The van der Waals surface area contributed by atoms with Crippen LogP contribution in [0.5, 0.6) is 0 Å². The molecular formula is C15H23N3O3S. The lowest BCUT2D eigenvalue weighted by atomic mass is 10.2. The Bertz CT molecular complexity index is 528. The Morgan fingerprint density at radius 3 is 3.27 bits per heavy atom. The summed E-state index contributed by atoms with van der Waals surface area (Å²) >= 11 is 1.56. The number of likely N-dealkylation sites (N-methyl/N-ethyl adjacent to an activating group) is 1. The lowest BCUT2D eigenvalue weighted by Gasteiger charge is -2.20. The van der Waals surface area contributed by atoms with Crippen LogP contribution in [-0.4, -0.2) is 54.8 Å². The molecule has 1 fully saturated rings. The molecule has 0 spiro atoms. The van der Waals surface area contributed by atoms with Gasteiger partial charge in [-0.1, -0.05) is 0 Å².